The van der Waals surface area contributed by atoms with Crippen LogP contribution in [0.3, 0.4) is 0 Å². The Hall–Kier alpha value is -1.92. The van der Waals surface area contributed by atoms with E-state index in [1.807, 2.05) is 19.1 Å². The Kier molecular flexibility index (Phi) is 6.14. The molecule has 0 aromatic carbocycles. The van der Waals surface area contributed by atoms with Gasteiger partial charge in [-0.1, -0.05) is 13.3 Å². The first-order valence-electron chi connectivity index (χ1n) is 6.23. The SMILES string of the molecule is CCCC(N)C(=O)Nc1cc(-c2ccncc2)[nH]n1.Cl. The molecule has 0 radical (unpaired) electrons. The monoisotopic (exact) mass is 295 g/mol. The fraction of sp³-hybridized carbons (Fsp3) is 0.308. The number of aromatic nitrogens is 3. The molecule has 0 aliphatic carbocycles. The molecule has 1 atom stereocenters. The number of hydrogen-bond acceptors (Lipinski definition) is 4. The molecule has 6 nitrogen and oxygen atoms in total. The Morgan fingerprint density at radius 2 is 2.15 bits per heavy atom. The van der Waals surface area contributed by atoms with Gasteiger partial charge in [-0.15, -0.1) is 12.4 Å². The molecule has 1 unspecified atom stereocenters. The van der Waals surface area contributed by atoms with Crippen molar-refractivity contribution in [1.29, 1.82) is 0 Å². The number of nitrogens with zero attached hydrogens (tertiary/aromatic N) is 2. The highest BCUT2D eigenvalue weighted by molar-refractivity contribution is 5.94. The summed E-state index contributed by atoms with van der Waals surface area (Å²) >= 11 is 0. The molecule has 0 saturated carbocycles. The van der Waals surface area contributed by atoms with Crippen LogP contribution in [-0.4, -0.2) is 27.1 Å². The largest absolute Gasteiger partial charge is 0.320 e. The van der Waals surface area contributed by atoms with Gasteiger partial charge in [0.2, 0.25) is 5.91 Å². The molecule has 0 aliphatic heterocycles. The normalized spacial score (nSPS) is 11.5. The average Bonchev–Trinajstić information content (AvgIpc) is 2.88. The second-order valence-corrected chi connectivity index (χ2v) is 4.29. The molecule has 2 rings (SSSR count). The summed E-state index contributed by atoms with van der Waals surface area (Å²) < 4.78 is 0. The van der Waals surface area contributed by atoms with Crippen LogP contribution in [-0.2, 0) is 4.79 Å². The number of amides is 1. The summed E-state index contributed by atoms with van der Waals surface area (Å²) in [7, 11) is 0. The van der Waals surface area contributed by atoms with Crippen LogP contribution in [0.4, 0.5) is 5.82 Å². The number of rotatable bonds is 5. The zero-order chi connectivity index (χ0) is 13.7. The van der Waals surface area contributed by atoms with Crippen LogP contribution in [0.15, 0.2) is 30.6 Å². The van der Waals surface area contributed by atoms with E-state index in [1.165, 1.54) is 0 Å². The topological polar surface area (TPSA) is 96.7 Å². The van der Waals surface area contributed by atoms with E-state index in [2.05, 4.69) is 20.5 Å². The quantitative estimate of drug-likeness (QED) is 0.785. The Morgan fingerprint density at radius 1 is 1.45 bits per heavy atom. The lowest BCUT2D eigenvalue weighted by Gasteiger charge is -2.08. The molecule has 20 heavy (non-hydrogen) atoms. The molecular weight excluding hydrogens is 278 g/mol. The molecule has 7 heteroatoms. The molecule has 2 aromatic heterocycles. The van der Waals surface area contributed by atoms with Crippen molar-refractivity contribution in [2.75, 3.05) is 5.32 Å². The van der Waals surface area contributed by atoms with Gasteiger partial charge in [0.05, 0.1) is 11.7 Å². The summed E-state index contributed by atoms with van der Waals surface area (Å²) in [5.41, 5.74) is 7.52. The predicted octanol–water partition coefficient (Wildman–Crippen LogP) is 1.96. The van der Waals surface area contributed by atoms with E-state index in [0.29, 0.717) is 12.2 Å². The number of nitrogens with two attached hydrogens (primary N) is 1. The van der Waals surface area contributed by atoms with Crippen LogP contribution in [0.2, 0.25) is 0 Å². The molecule has 0 fully saturated rings. The minimum atomic E-state index is -0.494. The van der Waals surface area contributed by atoms with Crippen molar-refractivity contribution in [1.82, 2.24) is 15.2 Å². The Bertz CT molecular complexity index is 543. The number of halogens is 1. The van der Waals surface area contributed by atoms with Gasteiger partial charge in [-0.25, -0.2) is 0 Å². The molecule has 2 heterocycles. The molecule has 1 amide bonds. The van der Waals surface area contributed by atoms with Crippen LogP contribution >= 0.6 is 12.4 Å². The summed E-state index contributed by atoms with van der Waals surface area (Å²) in [4.78, 5) is 15.7. The maximum Gasteiger partial charge on any atom is 0.242 e. The first-order valence-corrected chi connectivity index (χ1v) is 6.23. The molecule has 0 aliphatic rings. The first kappa shape index (κ1) is 16.1. The van der Waals surface area contributed by atoms with Gasteiger partial charge in [-0.05, 0) is 18.6 Å². The lowest BCUT2D eigenvalue weighted by Crippen LogP contribution is -2.35. The maximum absolute atomic E-state index is 11.7. The van der Waals surface area contributed by atoms with E-state index in [0.717, 1.165) is 17.7 Å². The average molecular weight is 296 g/mol. The third-order valence-corrected chi connectivity index (χ3v) is 2.76. The van der Waals surface area contributed by atoms with Crippen molar-refractivity contribution in [2.45, 2.75) is 25.8 Å². The summed E-state index contributed by atoms with van der Waals surface area (Å²) in [6.45, 7) is 1.99. The number of carbonyl (C=O) groups is 1. The van der Waals surface area contributed by atoms with E-state index >= 15 is 0 Å². The number of pyridine rings is 1. The summed E-state index contributed by atoms with van der Waals surface area (Å²) in [5, 5.41) is 9.60. The number of nitrogens with one attached hydrogen (secondary N) is 2. The Labute approximate surface area is 123 Å². The van der Waals surface area contributed by atoms with Crippen LogP contribution < -0.4 is 11.1 Å². The van der Waals surface area contributed by atoms with E-state index in [-0.39, 0.29) is 18.3 Å². The van der Waals surface area contributed by atoms with Crippen molar-refractivity contribution in [3.63, 3.8) is 0 Å². The molecule has 2 aromatic rings. The molecule has 108 valence electrons. The number of aromatic amines is 1. The standard InChI is InChI=1S/C13H17N5O.ClH/c1-2-3-10(14)13(19)16-12-8-11(17-18-12)9-4-6-15-7-5-9;/h4-8,10H,2-3,14H2,1H3,(H2,16,17,18,19);1H. The van der Waals surface area contributed by atoms with E-state index in [9.17, 15) is 4.79 Å². The minimum absolute atomic E-state index is 0. The highest BCUT2D eigenvalue weighted by atomic mass is 35.5. The van der Waals surface area contributed by atoms with Gasteiger partial charge in [-0.2, -0.15) is 5.10 Å². The molecule has 0 spiro atoms. The first-order chi connectivity index (χ1) is 9.20. The van der Waals surface area contributed by atoms with Crippen LogP contribution in [0.5, 0.6) is 0 Å². The number of H-pyrrole nitrogens is 1. The van der Waals surface area contributed by atoms with Gasteiger partial charge in [0, 0.05) is 24.0 Å². The maximum atomic E-state index is 11.7. The highest BCUT2D eigenvalue weighted by Crippen LogP contribution is 2.18. The zero-order valence-electron chi connectivity index (χ0n) is 11.2. The van der Waals surface area contributed by atoms with Crippen LogP contribution in [0.25, 0.3) is 11.3 Å². The second-order valence-electron chi connectivity index (χ2n) is 4.29. The minimum Gasteiger partial charge on any atom is -0.320 e. The number of carbonyl (C=O) groups excluding carboxylic acids is 1. The third-order valence-electron chi connectivity index (χ3n) is 2.76. The summed E-state index contributed by atoms with van der Waals surface area (Å²) in [6, 6.07) is 5.00. The lowest BCUT2D eigenvalue weighted by atomic mass is 10.1. The second kappa shape index (κ2) is 7.62. The van der Waals surface area contributed by atoms with Gasteiger partial charge in [0.25, 0.3) is 0 Å². The van der Waals surface area contributed by atoms with E-state index in [1.54, 1.807) is 18.5 Å². The fourth-order valence-electron chi connectivity index (χ4n) is 1.73. The van der Waals surface area contributed by atoms with Crippen molar-refractivity contribution < 1.29 is 4.79 Å². The number of hydrogen-bond donors (Lipinski definition) is 3. The van der Waals surface area contributed by atoms with Crippen molar-refractivity contribution in [3.8, 4) is 11.3 Å². The highest BCUT2D eigenvalue weighted by Gasteiger charge is 2.14. The summed E-state index contributed by atoms with van der Waals surface area (Å²) in [6.07, 6.45) is 4.93. The lowest BCUT2D eigenvalue weighted by molar-refractivity contribution is -0.117. The number of anilines is 1. The third kappa shape index (κ3) is 4.04. The van der Waals surface area contributed by atoms with Gasteiger partial charge >= 0.3 is 0 Å². The van der Waals surface area contributed by atoms with Crippen LogP contribution in [0.1, 0.15) is 19.8 Å². The van der Waals surface area contributed by atoms with Gasteiger partial charge in [0.1, 0.15) is 0 Å². The fourth-order valence-corrected chi connectivity index (χ4v) is 1.73. The van der Waals surface area contributed by atoms with Crippen molar-refractivity contribution in [2.24, 2.45) is 5.73 Å². The molecule has 4 N–H and O–H groups in total. The van der Waals surface area contributed by atoms with Gasteiger partial charge in [-0.3, -0.25) is 14.9 Å². The van der Waals surface area contributed by atoms with E-state index < -0.39 is 6.04 Å². The Balaban J connectivity index is 0.00000200. The predicted molar refractivity (Wildman–Crippen MR) is 80.6 cm³/mol. The van der Waals surface area contributed by atoms with E-state index in [4.69, 9.17) is 5.73 Å². The molecule has 0 bridgehead atoms. The van der Waals surface area contributed by atoms with Crippen molar-refractivity contribution in [3.05, 3.63) is 30.6 Å². The van der Waals surface area contributed by atoms with Gasteiger partial charge < -0.3 is 11.1 Å². The van der Waals surface area contributed by atoms with Crippen molar-refractivity contribution >= 4 is 24.1 Å². The smallest absolute Gasteiger partial charge is 0.242 e. The Morgan fingerprint density at radius 3 is 2.80 bits per heavy atom. The zero-order valence-corrected chi connectivity index (χ0v) is 12.0. The van der Waals surface area contributed by atoms with Gasteiger partial charge in [0.15, 0.2) is 5.82 Å². The summed E-state index contributed by atoms with van der Waals surface area (Å²) in [5.74, 6) is 0.262. The molecule has 0 saturated heterocycles. The molecular formula is C13H18ClN5O. The van der Waals surface area contributed by atoms with Crippen LogP contribution in [0, 0.1) is 0 Å².